The zero-order chi connectivity index (χ0) is 22.1. The summed E-state index contributed by atoms with van der Waals surface area (Å²) in [5.41, 5.74) is 8.63. The Hall–Kier alpha value is -3.75. The van der Waals surface area contributed by atoms with Gasteiger partial charge in [0.2, 0.25) is 0 Å². The third-order valence-corrected chi connectivity index (χ3v) is 6.04. The van der Waals surface area contributed by atoms with Crippen molar-refractivity contribution in [2.75, 3.05) is 0 Å². The van der Waals surface area contributed by atoms with Crippen molar-refractivity contribution in [1.29, 1.82) is 0 Å². The molecule has 2 nitrogen and oxygen atoms in total. The molecule has 3 heteroatoms. The monoisotopic (exact) mass is 432 g/mol. The molecule has 0 saturated heterocycles. The number of halogens is 1. The fourth-order valence-electron chi connectivity index (χ4n) is 4.29. The van der Waals surface area contributed by atoms with Crippen LogP contribution in [0.4, 0.5) is 0 Å². The van der Waals surface area contributed by atoms with Crippen LogP contribution in [0.1, 0.15) is 11.1 Å². The molecule has 5 aromatic rings. The molecule has 0 spiro atoms. The highest BCUT2D eigenvalue weighted by molar-refractivity contribution is 6.30. The van der Waals surface area contributed by atoms with Gasteiger partial charge >= 0.3 is 0 Å². The van der Waals surface area contributed by atoms with Gasteiger partial charge in [-0.15, -0.1) is 0 Å². The first-order chi connectivity index (χ1) is 15.7. The minimum Gasteiger partial charge on any atom is -0.252 e. The summed E-state index contributed by atoms with van der Waals surface area (Å²) in [6, 6.07) is 23.0. The molecule has 4 aromatic carbocycles. The van der Waals surface area contributed by atoms with Crippen LogP contribution in [0, 0.1) is 6.92 Å². The van der Waals surface area contributed by atoms with E-state index in [2.05, 4.69) is 78.1 Å². The van der Waals surface area contributed by atoms with Crippen molar-refractivity contribution in [1.82, 2.24) is 9.97 Å². The van der Waals surface area contributed by atoms with E-state index in [1.165, 1.54) is 16.5 Å². The number of nitrogens with zero attached hydrogens (tertiary/aromatic N) is 2. The topological polar surface area (TPSA) is 25.8 Å². The predicted octanol–water partition coefficient (Wildman–Crippen LogP) is 8.28. The van der Waals surface area contributed by atoms with Crippen LogP contribution in [0.3, 0.4) is 0 Å². The van der Waals surface area contributed by atoms with E-state index in [0.717, 1.165) is 43.7 Å². The van der Waals surface area contributed by atoms with Crippen LogP contribution in [-0.4, -0.2) is 9.97 Å². The molecule has 0 radical (unpaired) electrons. The summed E-state index contributed by atoms with van der Waals surface area (Å²) in [5, 5.41) is 3.00. The maximum absolute atomic E-state index is 6.28. The third kappa shape index (κ3) is 3.49. The summed E-state index contributed by atoms with van der Waals surface area (Å²) in [6.07, 6.45) is 9.28. The van der Waals surface area contributed by atoms with Gasteiger partial charge in [-0.05, 0) is 58.3 Å². The highest BCUT2D eigenvalue weighted by atomic mass is 35.5. The predicted molar refractivity (Wildman–Crippen MR) is 137 cm³/mol. The molecule has 0 bridgehead atoms. The first-order valence-corrected chi connectivity index (χ1v) is 10.9. The van der Waals surface area contributed by atoms with E-state index >= 15 is 0 Å². The number of benzene rings is 4. The Labute approximate surface area is 192 Å². The molecule has 0 atom stereocenters. The Morgan fingerprint density at radius 1 is 0.781 bits per heavy atom. The van der Waals surface area contributed by atoms with Crippen LogP contribution < -0.4 is 0 Å². The lowest BCUT2D eigenvalue weighted by molar-refractivity contribution is 1.29. The van der Waals surface area contributed by atoms with Crippen molar-refractivity contribution >= 4 is 39.5 Å². The molecule has 32 heavy (non-hydrogen) atoms. The highest BCUT2D eigenvalue weighted by Gasteiger charge is 2.14. The lowest BCUT2D eigenvalue weighted by Gasteiger charge is -2.14. The maximum atomic E-state index is 6.28. The Morgan fingerprint density at radius 3 is 2.22 bits per heavy atom. The second-order valence-electron chi connectivity index (χ2n) is 7.70. The smallest absolute Gasteiger partial charge is 0.0971 e. The van der Waals surface area contributed by atoms with Gasteiger partial charge < -0.3 is 0 Å². The van der Waals surface area contributed by atoms with Crippen LogP contribution in [0.5, 0.6) is 0 Å². The molecule has 0 aliphatic rings. The summed E-state index contributed by atoms with van der Waals surface area (Å²) >= 11 is 6.28. The number of aromatic nitrogens is 2. The van der Waals surface area contributed by atoms with Gasteiger partial charge in [0, 0.05) is 28.4 Å². The summed E-state index contributed by atoms with van der Waals surface area (Å²) in [4.78, 5) is 9.29. The molecular formula is C29H21ClN2. The lowest BCUT2D eigenvalue weighted by atomic mass is 9.90. The van der Waals surface area contributed by atoms with Crippen LogP contribution in [0.15, 0.2) is 97.9 Å². The molecule has 0 fully saturated rings. The van der Waals surface area contributed by atoms with Crippen molar-refractivity contribution in [3.8, 4) is 22.3 Å². The summed E-state index contributed by atoms with van der Waals surface area (Å²) in [7, 11) is 0. The Kier molecular flexibility index (Phi) is 5.30. The normalized spacial score (nSPS) is 11.4. The molecule has 0 amide bonds. The number of hydrogen-bond acceptors (Lipinski definition) is 2. The van der Waals surface area contributed by atoms with Gasteiger partial charge in [0.1, 0.15) is 0 Å². The Morgan fingerprint density at radius 2 is 1.50 bits per heavy atom. The molecule has 0 aliphatic heterocycles. The van der Waals surface area contributed by atoms with Gasteiger partial charge in [-0.2, -0.15) is 0 Å². The van der Waals surface area contributed by atoms with E-state index in [9.17, 15) is 0 Å². The zero-order valence-corrected chi connectivity index (χ0v) is 18.5. The molecule has 0 aliphatic carbocycles. The lowest BCUT2D eigenvalue weighted by Crippen LogP contribution is -1.94. The van der Waals surface area contributed by atoms with Gasteiger partial charge in [-0.25, -0.2) is 0 Å². The van der Waals surface area contributed by atoms with Crippen LogP contribution in [0.2, 0.25) is 5.02 Å². The van der Waals surface area contributed by atoms with E-state index in [1.807, 2.05) is 24.3 Å². The SMILES string of the molecule is C=C/C=C\c1c(C)c2cc(-c3ccccc3-c3cccc(Cl)c3)ccc2c2nccnc12. The van der Waals surface area contributed by atoms with Crippen LogP contribution in [-0.2, 0) is 0 Å². The fraction of sp³-hybridized carbons (Fsp3) is 0.0345. The molecular weight excluding hydrogens is 412 g/mol. The average Bonchev–Trinajstić information content (AvgIpc) is 2.84. The Bertz CT molecular complexity index is 1520. The number of hydrogen-bond donors (Lipinski definition) is 0. The van der Waals surface area contributed by atoms with E-state index in [0.29, 0.717) is 0 Å². The van der Waals surface area contributed by atoms with Gasteiger partial charge in [0.25, 0.3) is 0 Å². The Balaban J connectivity index is 1.79. The highest BCUT2D eigenvalue weighted by Crippen LogP contribution is 2.37. The number of rotatable bonds is 4. The minimum atomic E-state index is 0.732. The van der Waals surface area contributed by atoms with Crippen molar-refractivity contribution in [2.45, 2.75) is 6.92 Å². The first kappa shape index (κ1) is 20.2. The zero-order valence-electron chi connectivity index (χ0n) is 17.7. The maximum Gasteiger partial charge on any atom is 0.0971 e. The van der Waals surface area contributed by atoms with Crippen molar-refractivity contribution < 1.29 is 0 Å². The van der Waals surface area contributed by atoms with Gasteiger partial charge in [0.05, 0.1) is 11.0 Å². The van der Waals surface area contributed by atoms with Crippen molar-refractivity contribution in [3.63, 3.8) is 0 Å². The standard InChI is InChI=1S/C29H21ClN2/c1-3-4-10-23-19(2)27-18-21(13-14-26(27)29-28(23)31-15-16-32-29)25-12-6-5-11-24(25)20-8-7-9-22(30)17-20/h3-18H,1H2,2H3/b10-4-. The third-order valence-electron chi connectivity index (χ3n) is 5.81. The van der Waals surface area contributed by atoms with Crippen molar-refractivity contribution in [3.05, 3.63) is 114 Å². The average molecular weight is 433 g/mol. The molecule has 1 aromatic heterocycles. The second kappa shape index (κ2) is 8.41. The first-order valence-electron chi connectivity index (χ1n) is 10.5. The van der Waals surface area contributed by atoms with Gasteiger partial charge in [-0.1, -0.05) is 84.9 Å². The second-order valence-corrected chi connectivity index (χ2v) is 8.14. The number of allylic oxidation sites excluding steroid dienone is 2. The summed E-state index contributed by atoms with van der Waals surface area (Å²) in [5.74, 6) is 0. The molecule has 1 heterocycles. The molecule has 0 N–H and O–H groups in total. The fourth-order valence-corrected chi connectivity index (χ4v) is 4.48. The molecule has 0 unspecified atom stereocenters. The van der Waals surface area contributed by atoms with E-state index in [-0.39, 0.29) is 0 Å². The van der Waals surface area contributed by atoms with Crippen molar-refractivity contribution in [2.24, 2.45) is 0 Å². The van der Waals surface area contributed by atoms with E-state index in [4.69, 9.17) is 11.6 Å². The number of fused-ring (bicyclic) bond motifs is 3. The number of aryl methyl sites for hydroxylation is 1. The minimum absolute atomic E-state index is 0.732. The van der Waals surface area contributed by atoms with E-state index in [1.54, 1.807) is 18.5 Å². The summed E-state index contributed by atoms with van der Waals surface area (Å²) < 4.78 is 0. The van der Waals surface area contributed by atoms with Gasteiger partial charge in [-0.3, -0.25) is 9.97 Å². The largest absolute Gasteiger partial charge is 0.252 e. The van der Waals surface area contributed by atoms with Gasteiger partial charge in [0.15, 0.2) is 0 Å². The van der Waals surface area contributed by atoms with Crippen LogP contribution >= 0.6 is 11.6 Å². The summed E-state index contributed by atoms with van der Waals surface area (Å²) in [6.45, 7) is 5.96. The van der Waals surface area contributed by atoms with Crippen LogP contribution in [0.25, 0.3) is 50.1 Å². The molecule has 0 saturated carbocycles. The van der Waals surface area contributed by atoms with E-state index < -0.39 is 0 Å². The molecule has 5 rings (SSSR count). The quantitative estimate of drug-likeness (QED) is 0.211. The molecule has 154 valence electrons.